The lowest BCUT2D eigenvalue weighted by atomic mass is 9.98. The van der Waals surface area contributed by atoms with Crippen molar-refractivity contribution in [3.8, 4) is 11.5 Å². The van der Waals surface area contributed by atoms with E-state index in [0.717, 1.165) is 17.9 Å². The third kappa shape index (κ3) is 4.80. The lowest BCUT2D eigenvalue weighted by Gasteiger charge is -2.12. The van der Waals surface area contributed by atoms with Gasteiger partial charge in [0.2, 0.25) is 0 Å². The highest BCUT2D eigenvalue weighted by Crippen LogP contribution is 2.24. The highest BCUT2D eigenvalue weighted by Gasteiger charge is 2.06. The molecule has 0 aliphatic rings. The molecule has 0 aromatic heterocycles. The van der Waals surface area contributed by atoms with Gasteiger partial charge in [-0.2, -0.15) is 0 Å². The van der Waals surface area contributed by atoms with Gasteiger partial charge in [-0.25, -0.2) is 0 Å². The fourth-order valence-electron chi connectivity index (χ4n) is 2.35. The summed E-state index contributed by atoms with van der Waals surface area (Å²) >= 11 is 0. The number of ether oxygens (including phenoxy) is 2. The van der Waals surface area contributed by atoms with Gasteiger partial charge in [0.15, 0.2) is 0 Å². The van der Waals surface area contributed by atoms with E-state index in [1.54, 1.807) is 7.11 Å². The van der Waals surface area contributed by atoms with Gasteiger partial charge in [-0.3, -0.25) is 0 Å². The van der Waals surface area contributed by atoms with Crippen LogP contribution in [0, 0.1) is 13.8 Å². The van der Waals surface area contributed by atoms with Crippen molar-refractivity contribution < 1.29 is 9.47 Å². The molecular formula is C20H28O2. The van der Waals surface area contributed by atoms with Crippen LogP contribution in [0.25, 0.3) is 0 Å². The Hall–Kier alpha value is -1.96. The number of benzene rings is 2. The summed E-state index contributed by atoms with van der Waals surface area (Å²) in [6.45, 7) is 10.9. The van der Waals surface area contributed by atoms with Crippen LogP contribution >= 0.6 is 0 Å². The number of hydrogen-bond acceptors (Lipinski definition) is 2. The van der Waals surface area contributed by atoms with Gasteiger partial charge < -0.3 is 9.47 Å². The summed E-state index contributed by atoms with van der Waals surface area (Å²) in [6.07, 6.45) is 0.934. The third-order valence-electron chi connectivity index (χ3n) is 3.48. The molecule has 0 saturated carbocycles. The third-order valence-corrected chi connectivity index (χ3v) is 3.48. The molecule has 0 heterocycles. The van der Waals surface area contributed by atoms with Crippen LogP contribution in [-0.2, 0) is 6.42 Å². The van der Waals surface area contributed by atoms with E-state index in [1.165, 1.54) is 22.3 Å². The predicted octanol–water partition coefficient (Wildman–Crippen LogP) is 5.33. The molecule has 0 aliphatic carbocycles. The number of hydrogen-bond donors (Lipinski definition) is 0. The van der Waals surface area contributed by atoms with Crippen molar-refractivity contribution in [2.24, 2.45) is 0 Å². The first-order valence-electron chi connectivity index (χ1n) is 8.00. The van der Waals surface area contributed by atoms with Crippen molar-refractivity contribution in [3.05, 3.63) is 58.7 Å². The van der Waals surface area contributed by atoms with Crippen molar-refractivity contribution in [2.45, 2.75) is 41.0 Å². The van der Waals surface area contributed by atoms with Crippen LogP contribution in [0.2, 0.25) is 0 Å². The van der Waals surface area contributed by atoms with E-state index >= 15 is 0 Å². The van der Waals surface area contributed by atoms with Crippen molar-refractivity contribution in [1.82, 2.24) is 0 Å². The summed E-state index contributed by atoms with van der Waals surface area (Å²) in [7, 11) is 1.72. The second kappa shape index (κ2) is 9.14. The lowest BCUT2D eigenvalue weighted by Crippen LogP contribution is -1.96. The molecule has 0 aliphatic heterocycles. The summed E-state index contributed by atoms with van der Waals surface area (Å²) in [5.41, 5.74) is 5.08. The van der Waals surface area contributed by atoms with Crippen LogP contribution in [0.3, 0.4) is 0 Å². The number of methoxy groups -OCH3 is 1. The molecule has 2 heteroatoms. The summed E-state index contributed by atoms with van der Waals surface area (Å²) in [4.78, 5) is 0. The normalized spacial score (nSPS) is 9.73. The molecule has 0 radical (unpaired) electrons. The summed E-state index contributed by atoms with van der Waals surface area (Å²) in [5, 5.41) is 0. The topological polar surface area (TPSA) is 18.5 Å². The van der Waals surface area contributed by atoms with Crippen LogP contribution in [0.15, 0.2) is 36.4 Å². The fourth-order valence-corrected chi connectivity index (χ4v) is 2.35. The van der Waals surface area contributed by atoms with Crippen LogP contribution in [0.1, 0.15) is 43.0 Å². The molecule has 0 unspecified atom stereocenters. The monoisotopic (exact) mass is 300 g/mol. The maximum atomic E-state index is 5.47. The Kier molecular flexibility index (Phi) is 7.51. The van der Waals surface area contributed by atoms with E-state index in [1.807, 2.05) is 32.9 Å². The molecule has 0 spiro atoms. The average Bonchev–Trinajstić information content (AvgIpc) is 2.54. The number of aryl methyl sites for hydroxylation is 2. The van der Waals surface area contributed by atoms with E-state index in [0.29, 0.717) is 6.61 Å². The Morgan fingerprint density at radius 3 is 2.09 bits per heavy atom. The van der Waals surface area contributed by atoms with E-state index in [2.05, 4.69) is 38.1 Å². The van der Waals surface area contributed by atoms with Crippen LogP contribution in [0.5, 0.6) is 11.5 Å². The van der Waals surface area contributed by atoms with Crippen LogP contribution in [0.4, 0.5) is 0 Å². The zero-order chi connectivity index (χ0) is 16.5. The smallest absolute Gasteiger partial charge is 0.122 e. The Bertz CT molecular complexity index is 571. The Labute approximate surface area is 135 Å². The van der Waals surface area contributed by atoms with Gasteiger partial charge in [0.25, 0.3) is 0 Å². The zero-order valence-corrected chi connectivity index (χ0v) is 14.7. The van der Waals surface area contributed by atoms with E-state index < -0.39 is 0 Å². The molecule has 0 saturated heterocycles. The standard InChI is InChI=1S/C18H22O2.C2H6/c1-5-20-17-8-6-15(7-9-17)12-16-10-14(3)18(19-4)11-13(16)2;1-2/h6-11H,5,12H2,1-4H3;1-2H3. The van der Waals surface area contributed by atoms with Crippen molar-refractivity contribution in [3.63, 3.8) is 0 Å². The van der Waals surface area contributed by atoms with Gasteiger partial charge in [-0.1, -0.05) is 32.0 Å². The van der Waals surface area contributed by atoms with Crippen molar-refractivity contribution >= 4 is 0 Å². The Morgan fingerprint density at radius 1 is 0.909 bits per heavy atom. The van der Waals surface area contributed by atoms with Crippen molar-refractivity contribution in [1.29, 1.82) is 0 Å². The number of rotatable bonds is 5. The molecule has 22 heavy (non-hydrogen) atoms. The zero-order valence-electron chi connectivity index (χ0n) is 14.7. The largest absolute Gasteiger partial charge is 0.496 e. The maximum absolute atomic E-state index is 5.47. The molecule has 0 N–H and O–H groups in total. The van der Waals surface area contributed by atoms with E-state index in [9.17, 15) is 0 Å². The Balaban J connectivity index is 0.00000116. The molecular weight excluding hydrogens is 272 g/mol. The minimum atomic E-state index is 0.704. The minimum absolute atomic E-state index is 0.704. The molecule has 0 bridgehead atoms. The second-order valence-electron chi connectivity index (χ2n) is 5.00. The Morgan fingerprint density at radius 2 is 1.55 bits per heavy atom. The summed E-state index contributed by atoms with van der Waals surface area (Å²) < 4.78 is 10.8. The van der Waals surface area contributed by atoms with Crippen LogP contribution < -0.4 is 9.47 Å². The van der Waals surface area contributed by atoms with Gasteiger partial charge in [0, 0.05) is 0 Å². The highest BCUT2D eigenvalue weighted by molar-refractivity contribution is 5.43. The second-order valence-corrected chi connectivity index (χ2v) is 5.00. The first kappa shape index (κ1) is 18.1. The van der Waals surface area contributed by atoms with Gasteiger partial charge in [-0.15, -0.1) is 0 Å². The lowest BCUT2D eigenvalue weighted by molar-refractivity contribution is 0.340. The average molecular weight is 300 g/mol. The highest BCUT2D eigenvalue weighted by atomic mass is 16.5. The van der Waals surface area contributed by atoms with Crippen molar-refractivity contribution in [2.75, 3.05) is 13.7 Å². The molecule has 2 rings (SSSR count). The van der Waals surface area contributed by atoms with Crippen LogP contribution in [-0.4, -0.2) is 13.7 Å². The minimum Gasteiger partial charge on any atom is -0.496 e. The molecule has 2 aromatic rings. The van der Waals surface area contributed by atoms with Gasteiger partial charge in [0.1, 0.15) is 11.5 Å². The molecule has 0 atom stereocenters. The first-order chi connectivity index (χ1) is 10.6. The van der Waals surface area contributed by atoms with Gasteiger partial charge in [0.05, 0.1) is 13.7 Å². The van der Waals surface area contributed by atoms with E-state index in [-0.39, 0.29) is 0 Å². The molecule has 2 aromatic carbocycles. The first-order valence-corrected chi connectivity index (χ1v) is 8.00. The maximum Gasteiger partial charge on any atom is 0.122 e. The van der Waals surface area contributed by atoms with Gasteiger partial charge in [-0.05, 0) is 67.6 Å². The molecule has 0 fully saturated rings. The summed E-state index contributed by atoms with van der Waals surface area (Å²) in [5.74, 6) is 1.89. The molecule has 120 valence electrons. The van der Waals surface area contributed by atoms with E-state index in [4.69, 9.17) is 9.47 Å². The van der Waals surface area contributed by atoms with Gasteiger partial charge >= 0.3 is 0 Å². The SMILES string of the molecule is CC.CCOc1ccc(Cc2cc(C)c(OC)cc2C)cc1. The summed E-state index contributed by atoms with van der Waals surface area (Å²) in [6, 6.07) is 12.6. The quantitative estimate of drug-likeness (QED) is 0.743. The molecule has 0 amide bonds. The fraction of sp³-hybridized carbons (Fsp3) is 0.400. The molecule has 2 nitrogen and oxygen atoms in total. The predicted molar refractivity (Wildman–Crippen MR) is 94.2 cm³/mol.